The van der Waals surface area contributed by atoms with Gasteiger partial charge in [0.2, 0.25) is 0 Å². The van der Waals surface area contributed by atoms with Crippen LogP contribution in [0.1, 0.15) is 69.7 Å². The number of aromatic nitrogens is 2. The first-order valence-electron chi connectivity index (χ1n) is 6.92. The summed E-state index contributed by atoms with van der Waals surface area (Å²) in [5, 5.41) is 0. The molecule has 0 spiro atoms. The molecule has 3 N–H and O–H groups in total. The molecule has 4 heteroatoms. The van der Waals surface area contributed by atoms with E-state index in [1.165, 1.54) is 12.8 Å². The van der Waals surface area contributed by atoms with Crippen molar-refractivity contribution in [3.63, 3.8) is 0 Å². The molecule has 1 heterocycles. The smallest absolute Gasteiger partial charge is 0.256 e. The van der Waals surface area contributed by atoms with E-state index in [0.29, 0.717) is 17.3 Å². The second-order valence-corrected chi connectivity index (χ2v) is 5.69. The Morgan fingerprint density at radius 3 is 2.67 bits per heavy atom. The van der Waals surface area contributed by atoms with Gasteiger partial charge in [0, 0.05) is 5.92 Å². The maximum absolute atomic E-state index is 12.0. The minimum absolute atomic E-state index is 0.0625. The summed E-state index contributed by atoms with van der Waals surface area (Å²) in [5.41, 5.74) is 6.48. The monoisotopic (exact) mass is 249 g/mol. The third-order valence-electron chi connectivity index (χ3n) is 4.09. The molecule has 18 heavy (non-hydrogen) atoms. The minimum Gasteiger partial charge on any atom is -0.383 e. The van der Waals surface area contributed by atoms with Crippen molar-refractivity contribution in [1.29, 1.82) is 0 Å². The highest BCUT2D eigenvalue weighted by molar-refractivity contribution is 5.40. The van der Waals surface area contributed by atoms with Crippen molar-refractivity contribution in [2.45, 2.75) is 58.3 Å². The molecule has 0 aromatic carbocycles. The molecule has 1 aliphatic rings. The molecule has 2 unspecified atom stereocenters. The van der Waals surface area contributed by atoms with Gasteiger partial charge in [-0.2, -0.15) is 0 Å². The summed E-state index contributed by atoms with van der Waals surface area (Å²) < 4.78 is 0. The zero-order valence-corrected chi connectivity index (χ0v) is 11.5. The van der Waals surface area contributed by atoms with Gasteiger partial charge in [-0.05, 0) is 31.1 Å². The van der Waals surface area contributed by atoms with Crippen LogP contribution in [0.25, 0.3) is 0 Å². The average Bonchev–Trinajstić information content (AvgIpc) is 2.75. The van der Waals surface area contributed by atoms with Gasteiger partial charge in [-0.3, -0.25) is 4.79 Å². The third-order valence-corrected chi connectivity index (χ3v) is 4.09. The molecular weight excluding hydrogens is 226 g/mol. The number of nitrogens with one attached hydrogen (secondary N) is 1. The average molecular weight is 249 g/mol. The molecule has 0 radical (unpaired) electrons. The van der Waals surface area contributed by atoms with Crippen LogP contribution < -0.4 is 11.3 Å². The molecular formula is C14H23N3O. The van der Waals surface area contributed by atoms with Crippen molar-refractivity contribution in [3.8, 4) is 0 Å². The fourth-order valence-corrected chi connectivity index (χ4v) is 2.96. The topological polar surface area (TPSA) is 71.8 Å². The second kappa shape index (κ2) is 5.12. The summed E-state index contributed by atoms with van der Waals surface area (Å²) in [6.07, 6.45) is 4.68. The molecule has 2 atom stereocenters. The zero-order chi connectivity index (χ0) is 13.3. The lowest BCUT2D eigenvalue weighted by Crippen LogP contribution is -2.21. The predicted molar refractivity (Wildman–Crippen MR) is 73.7 cm³/mol. The Balaban J connectivity index is 2.29. The van der Waals surface area contributed by atoms with Crippen LogP contribution in [-0.4, -0.2) is 9.97 Å². The van der Waals surface area contributed by atoms with Gasteiger partial charge in [0.15, 0.2) is 0 Å². The van der Waals surface area contributed by atoms with Gasteiger partial charge in [-0.1, -0.05) is 27.2 Å². The van der Waals surface area contributed by atoms with E-state index < -0.39 is 0 Å². The minimum atomic E-state index is -0.0625. The Hall–Kier alpha value is -1.32. The summed E-state index contributed by atoms with van der Waals surface area (Å²) in [6.45, 7) is 6.15. The Labute approximate surface area is 108 Å². The molecule has 1 aromatic rings. The first kappa shape index (κ1) is 13.1. The van der Waals surface area contributed by atoms with E-state index in [9.17, 15) is 4.79 Å². The van der Waals surface area contributed by atoms with Gasteiger partial charge in [-0.25, -0.2) is 4.98 Å². The molecule has 0 saturated heterocycles. The lowest BCUT2D eigenvalue weighted by Gasteiger charge is -2.13. The molecule has 0 amide bonds. The summed E-state index contributed by atoms with van der Waals surface area (Å²) in [7, 11) is 0. The third kappa shape index (κ3) is 2.42. The number of hydrogen-bond donors (Lipinski definition) is 2. The molecule has 1 aromatic heterocycles. The highest BCUT2D eigenvalue weighted by Crippen LogP contribution is 2.38. The molecule has 0 aliphatic heterocycles. The van der Waals surface area contributed by atoms with Gasteiger partial charge in [0.1, 0.15) is 11.6 Å². The van der Waals surface area contributed by atoms with Crippen LogP contribution in [0.4, 0.5) is 5.82 Å². The van der Waals surface area contributed by atoms with Crippen molar-refractivity contribution in [3.05, 3.63) is 21.7 Å². The fourth-order valence-electron chi connectivity index (χ4n) is 2.96. The number of anilines is 1. The van der Waals surface area contributed by atoms with Gasteiger partial charge in [0.25, 0.3) is 5.56 Å². The SMILES string of the molecule is CCC1CCC(c2nc(N)c(C(C)C)c(=O)[nH]2)C1. The van der Waals surface area contributed by atoms with Gasteiger partial charge in [0.05, 0.1) is 5.56 Å². The number of hydrogen-bond acceptors (Lipinski definition) is 3. The molecule has 1 aliphatic carbocycles. The van der Waals surface area contributed by atoms with E-state index in [4.69, 9.17) is 5.73 Å². The van der Waals surface area contributed by atoms with E-state index in [1.54, 1.807) is 0 Å². The maximum atomic E-state index is 12.0. The Bertz CT molecular complexity index is 478. The Morgan fingerprint density at radius 1 is 1.44 bits per heavy atom. The standard InChI is InChI=1S/C14H23N3O/c1-4-9-5-6-10(7-9)13-16-12(15)11(8(2)3)14(18)17-13/h8-10H,4-7H2,1-3H3,(H3,15,16,17,18). The fraction of sp³-hybridized carbons (Fsp3) is 0.714. The highest BCUT2D eigenvalue weighted by atomic mass is 16.1. The van der Waals surface area contributed by atoms with Crippen LogP contribution >= 0.6 is 0 Å². The van der Waals surface area contributed by atoms with Crippen LogP contribution in [-0.2, 0) is 0 Å². The summed E-state index contributed by atoms with van der Waals surface area (Å²) in [4.78, 5) is 19.4. The Morgan fingerprint density at radius 2 is 2.17 bits per heavy atom. The number of nitrogens with zero attached hydrogens (tertiary/aromatic N) is 1. The van der Waals surface area contributed by atoms with E-state index in [0.717, 1.165) is 24.6 Å². The number of nitrogens with two attached hydrogens (primary N) is 1. The molecule has 0 bridgehead atoms. The highest BCUT2D eigenvalue weighted by Gasteiger charge is 2.27. The number of aromatic amines is 1. The summed E-state index contributed by atoms with van der Waals surface area (Å²) in [6, 6.07) is 0. The van der Waals surface area contributed by atoms with E-state index >= 15 is 0 Å². The largest absolute Gasteiger partial charge is 0.383 e. The molecule has 1 saturated carbocycles. The molecule has 100 valence electrons. The van der Waals surface area contributed by atoms with Crippen molar-refractivity contribution in [2.24, 2.45) is 5.92 Å². The normalized spacial score (nSPS) is 23.8. The van der Waals surface area contributed by atoms with E-state index in [1.807, 2.05) is 13.8 Å². The van der Waals surface area contributed by atoms with Crippen LogP contribution in [0, 0.1) is 5.92 Å². The summed E-state index contributed by atoms with van der Waals surface area (Å²) >= 11 is 0. The second-order valence-electron chi connectivity index (χ2n) is 5.69. The van der Waals surface area contributed by atoms with Crippen molar-refractivity contribution in [2.75, 3.05) is 5.73 Å². The van der Waals surface area contributed by atoms with Crippen molar-refractivity contribution >= 4 is 5.82 Å². The van der Waals surface area contributed by atoms with Gasteiger partial charge < -0.3 is 10.7 Å². The number of H-pyrrole nitrogens is 1. The predicted octanol–water partition coefficient (Wildman–Crippen LogP) is 2.77. The van der Waals surface area contributed by atoms with Crippen LogP contribution in [0.5, 0.6) is 0 Å². The lowest BCUT2D eigenvalue weighted by molar-refractivity contribution is 0.516. The summed E-state index contributed by atoms with van der Waals surface area (Å²) in [5.74, 6) is 2.46. The maximum Gasteiger partial charge on any atom is 0.256 e. The first-order chi connectivity index (χ1) is 8.52. The number of nitrogen functional groups attached to an aromatic ring is 1. The van der Waals surface area contributed by atoms with Crippen LogP contribution in [0.2, 0.25) is 0 Å². The molecule has 4 nitrogen and oxygen atoms in total. The van der Waals surface area contributed by atoms with Crippen LogP contribution in [0.15, 0.2) is 4.79 Å². The molecule has 2 rings (SSSR count). The van der Waals surface area contributed by atoms with Gasteiger partial charge in [-0.15, -0.1) is 0 Å². The van der Waals surface area contributed by atoms with Crippen LogP contribution in [0.3, 0.4) is 0 Å². The lowest BCUT2D eigenvalue weighted by atomic mass is 10.0. The number of rotatable bonds is 3. The van der Waals surface area contributed by atoms with Crippen molar-refractivity contribution < 1.29 is 0 Å². The quantitative estimate of drug-likeness (QED) is 0.865. The van der Waals surface area contributed by atoms with E-state index in [-0.39, 0.29) is 11.5 Å². The Kier molecular flexibility index (Phi) is 3.73. The van der Waals surface area contributed by atoms with E-state index in [2.05, 4.69) is 16.9 Å². The molecule has 1 fully saturated rings. The van der Waals surface area contributed by atoms with Crippen molar-refractivity contribution in [1.82, 2.24) is 9.97 Å². The zero-order valence-electron chi connectivity index (χ0n) is 11.5. The first-order valence-corrected chi connectivity index (χ1v) is 6.92. The van der Waals surface area contributed by atoms with Gasteiger partial charge >= 0.3 is 0 Å².